The first-order valence-electron chi connectivity index (χ1n) is 5.37. The second-order valence-corrected chi connectivity index (χ2v) is 4.96. The molecule has 0 saturated heterocycles. The number of amides is 1. The molecule has 1 atom stereocenters. The van der Waals surface area contributed by atoms with Crippen LogP contribution in [0, 0.1) is 18.3 Å². The molecule has 1 unspecified atom stereocenters. The third-order valence-corrected chi connectivity index (χ3v) is 3.41. The van der Waals surface area contributed by atoms with Gasteiger partial charge in [-0.15, -0.1) is 0 Å². The molecule has 0 radical (unpaired) electrons. The topological polar surface area (TPSA) is 44.1 Å². The number of aryl methyl sites for hydroxylation is 1. The van der Waals surface area contributed by atoms with E-state index in [0.717, 1.165) is 10.0 Å². The number of nitrogens with zero attached hydrogens (tertiary/aromatic N) is 2. The molecule has 0 bridgehead atoms. The fraction of sp³-hybridized carbons (Fsp3) is 0.385. The molecule has 0 aromatic heterocycles. The molecule has 0 saturated carbocycles. The maximum absolute atomic E-state index is 12.2. The van der Waals surface area contributed by atoms with Gasteiger partial charge in [0.05, 0.1) is 18.1 Å². The molecule has 0 fully saturated rings. The maximum Gasteiger partial charge on any atom is 0.255 e. The van der Waals surface area contributed by atoms with Crippen molar-refractivity contribution < 1.29 is 4.79 Å². The molecular formula is C13H15BrN2O. The summed E-state index contributed by atoms with van der Waals surface area (Å²) < 4.78 is 0.782. The second kappa shape index (κ2) is 5.83. The largest absolute Gasteiger partial charge is 0.338 e. The first kappa shape index (κ1) is 13.7. The second-order valence-electron chi connectivity index (χ2n) is 4.11. The standard InChI is InChI=1S/C13H15BrN2O/c1-9-4-5-12(14)11(8-9)13(17)16(3)10(2)6-7-15/h4-5,8,10H,6H2,1-3H3. The van der Waals surface area contributed by atoms with Crippen LogP contribution in [0.15, 0.2) is 22.7 Å². The molecule has 1 rings (SSSR count). The normalized spacial score (nSPS) is 11.7. The smallest absolute Gasteiger partial charge is 0.255 e. The van der Waals surface area contributed by atoms with Gasteiger partial charge in [-0.05, 0) is 41.9 Å². The molecule has 0 aliphatic carbocycles. The van der Waals surface area contributed by atoms with Crippen LogP contribution in [0.25, 0.3) is 0 Å². The van der Waals surface area contributed by atoms with E-state index in [9.17, 15) is 4.79 Å². The van der Waals surface area contributed by atoms with Gasteiger partial charge in [-0.1, -0.05) is 11.6 Å². The lowest BCUT2D eigenvalue weighted by atomic mass is 10.1. The van der Waals surface area contributed by atoms with Crippen molar-refractivity contribution in [2.45, 2.75) is 26.3 Å². The van der Waals surface area contributed by atoms with Gasteiger partial charge in [-0.2, -0.15) is 5.26 Å². The van der Waals surface area contributed by atoms with E-state index in [1.54, 1.807) is 11.9 Å². The van der Waals surface area contributed by atoms with E-state index in [4.69, 9.17) is 5.26 Å². The molecule has 3 nitrogen and oxygen atoms in total. The van der Waals surface area contributed by atoms with Crippen LogP contribution in [0.5, 0.6) is 0 Å². The van der Waals surface area contributed by atoms with Crippen LogP contribution in [0.2, 0.25) is 0 Å². The Bertz CT molecular complexity index is 465. The highest BCUT2D eigenvalue weighted by atomic mass is 79.9. The van der Waals surface area contributed by atoms with Crippen LogP contribution in [0.4, 0.5) is 0 Å². The number of rotatable bonds is 3. The summed E-state index contributed by atoms with van der Waals surface area (Å²) in [6.45, 7) is 3.81. The predicted molar refractivity (Wildman–Crippen MR) is 70.7 cm³/mol. The molecule has 17 heavy (non-hydrogen) atoms. The zero-order chi connectivity index (χ0) is 13.0. The minimum atomic E-state index is -0.0834. The van der Waals surface area contributed by atoms with E-state index in [1.165, 1.54) is 0 Å². The third-order valence-electron chi connectivity index (χ3n) is 2.72. The summed E-state index contributed by atoms with van der Waals surface area (Å²) in [5.41, 5.74) is 1.68. The van der Waals surface area contributed by atoms with E-state index >= 15 is 0 Å². The number of benzene rings is 1. The van der Waals surface area contributed by atoms with Crippen LogP contribution < -0.4 is 0 Å². The Labute approximate surface area is 110 Å². The van der Waals surface area contributed by atoms with Gasteiger partial charge in [-0.3, -0.25) is 4.79 Å². The van der Waals surface area contributed by atoms with Crippen LogP contribution >= 0.6 is 15.9 Å². The van der Waals surface area contributed by atoms with Gasteiger partial charge >= 0.3 is 0 Å². The van der Waals surface area contributed by atoms with Gasteiger partial charge in [0, 0.05) is 17.6 Å². The molecule has 1 aromatic rings. The lowest BCUT2D eigenvalue weighted by Crippen LogP contribution is -2.35. The van der Waals surface area contributed by atoms with Crippen molar-refractivity contribution in [1.29, 1.82) is 5.26 Å². The van der Waals surface area contributed by atoms with Crippen molar-refractivity contribution in [2.24, 2.45) is 0 Å². The first-order chi connectivity index (χ1) is 7.97. The summed E-state index contributed by atoms with van der Waals surface area (Å²) >= 11 is 3.37. The predicted octanol–water partition coefficient (Wildman–Crippen LogP) is 3.13. The summed E-state index contributed by atoms with van der Waals surface area (Å²) in [5.74, 6) is -0.0664. The maximum atomic E-state index is 12.2. The molecule has 1 aromatic carbocycles. The Balaban J connectivity index is 2.96. The lowest BCUT2D eigenvalue weighted by molar-refractivity contribution is 0.0745. The van der Waals surface area contributed by atoms with Gasteiger partial charge in [0.15, 0.2) is 0 Å². The van der Waals surface area contributed by atoms with Crippen LogP contribution in [-0.4, -0.2) is 23.9 Å². The van der Waals surface area contributed by atoms with Crippen molar-refractivity contribution in [3.05, 3.63) is 33.8 Å². The van der Waals surface area contributed by atoms with Gasteiger partial charge in [0.25, 0.3) is 5.91 Å². The van der Waals surface area contributed by atoms with Crippen molar-refractivity contribution in [3.8, 4) is 6.07 Å². The minimum Gasteiger partial charge on any atom is -0.338 e. The van der Waals surface area contributed by atoms with Gasteiger partial charge in [0.1, 0.15) is 0 Å². The first-order valence-corrected chi connectivity index (χ1v) is 6.17. The molecule has 0 aliphatic rings. The molecule has 0 aliphatic heterocycles. The fourth-order valence-corrected chi connectivity index (χ4v) is 1.88. The summed E-state index contributed by atoms with van der Waals surface area (Å²) in [6.07, 6.45) is 0.339. The molecule has 4 heteroatoms. The summed E-state index contributed by atoms with van der Waals surface area (Å²) in [5, 5.41) is 8.64. The number of carbonyl (C=O) groups is 1. The number of halogens is 1. The molecular weight excluding hydrogens is 280 g/mol. The highest BCUT2D eigenvalue weighted by Crippen LogP contribution is 2.20. The Morgan fingerprint density at radius 1 is 1.59 bits per heavy atom. The third kappa shape index (κ3) is 3.31. The Morgan fingerprint density at radius 3 is 2.82 bits per heavy atom. The van der Waals surface area contributed by atoms with Crippen molar-refractivity contribution >= 4 is 21.8 Å². The molecule has 0 heterocycles. The zero-order valence-electron chi connectivity index (χ0n) is 10.2. The summed E-state index contributed by atoms with van der Waals surface area (Å²) in [4.78, 5) is 13.8. The van der Waals surface area contributed by atoms with Crippen molar-refractivity contribution in [2.75, 3.05) is 7.05 Å². The van der Waals surface area contributed by atoms with Crippen LogP contribution in [-0.2, 0) is 0 Å². The Morgan fingerprint density at radius 2 is 2.24 bits per heavy atom. The molecule has 0 spiro atoms. The Hall–Kier alpha value is -1.34. The van der Waals surface area contributed by atoms with Crippen molar-refractivity contribution in [3.63, 3.8) is 0 Å². The average molecular weight is 295 g/mol. The van der Waals surface area contributed by atoms with Crippen molar-refractivity contribution in [1.82, 2.24) is 4.90 Å². The summed E-state index contributed by atoms with van der Waals surface area (Å²) in [6, 6.07) is 7.65. The SMILES string of the molecule is Cc1ccc(Br)c(C(=O)N(C)C(C)CC#N)c1. The van der Waals surface area contributed by atoms with E-state index < -0.39 is 0 Å². The fourth-order valence-electron chi connectivity index (χ4n) is 1.46. The highest BCUT2D eigenvalue weighted by molar-refractivity contribution is 9.10. The Kier molecular flexibility index (Phi) is 4.71. The van der Waals surface area contributed by atoms with Gasteiger partial charge in [0.2, 0.25) is 0 Å². The number of carbonyl (C=O) groups excluding carboxylic acids is 1. The quantitative estimate of drug-likeness (QED) is 0.860. The van der Waals surface area contributed by atoms with E-state index in [-0.39, 0.29) is 11.9 Å². The van der Waals surface area contributed by atoms with E-state index in [1.807, 2.05) is 32.0 Å². The van der Waals surface area contributed by atoms with E-state index in [0.29, 0.717) is 12.0 Å². The minimum absolute atomic E-state index is 0.0664. The van der Waals surface area contributed by atoms with Gasteiger partial charge in [-0.25, -0.2) is 0 Å². The summed E-state index contributed by atoms with van der Waals surface area (Å²) in [7, 11) is 1.72. The van der Waals surface area contributed by atoms with Crippen LogP contribution in [0.3, 0.4) is 0 Å². The van der Waals surface area contributed by atoms with E-state index in [2.05, 4.69) is 22.0 Å². The van der Waals surface area contributed by atoms with Crippen LogP contribution in [0.1, 0.15) is 29.3 Å². The zero-order valence-corrected chi connectivity index (χ0v) is 11.8. The molecule has 90 valence electrons. The monoisotopic (exact) mass is 294 g/mol. The number of nitriles is 1. The average Bonchev–Trinajstić information content (AvgIpc) is 2.30. The van der Waals surface area contributed by atoms with Gasteiger partial charge < -0.3 is 4.90 Å². The molecule has 0 N–H and O–H groups in total. The lowest BCUT2D eigenvalue weighted by Gasteiger charge is -2.23. The number of hydrogen-bond donors (Lipinski definition) is 0. The highest BCUT2D eigenvalue weighted by Gasteiger charge is 2.19. The molecule has 1 amide bonds. The number of hydrogen-bond acceptors (Lipinski definition) is 2.